The predicted octanol–water partition coefficient (Wildman–Crippen LogP) is 2.19. The number of Topliss-reactive ketones (excluding diaryl/α,β-unsaturated/α-hetero) is 1. The molecule has 1 aromatic heterocycles. The highest BCUT2D eigenvalue weighted by Gasteiger charge is 2.29. The van der Waals surface area contributed by atoms with Crippen LogP contribution in [0.2, 0.25) is 0 Å². The van der Waals surface area contributed by atoms with Crippen molar-refractivity contribution in [1.82, 2.24) is 4.98 Å². The summed E-state index contributed by atoms with van der Waals surface area (Å²) in [5.41, 5.74) is 0.614. The number of ketones is 1. The Labute approximate surface area is 119 Å². The van der Waals surface area contributed by atoms with E-state index in [0.717, 1.165) is 0 Å². The standard InChI is InChI=1S/C15H11NO5/c17-8-4-5-13-9(6-8)12(18)7-14(21-13)10-2-1-3-11(16-10)15(19)20/h1-6,14,17H,7H2,(H,19,20). The Morgan fingerprint density at radius 1 is 1.29 bits per heavy atom. The van der Waals surface area contributed by atoms with Gasteiger partial charge in [-0.1, -0.05) is 6.07 Å². The lowest BCUT2D eigenvalue weighted by Crippen LogP contribution is -2.21. The third-order valence-electron chi connectivity index (χ3n) is 3.22. The van der Waals surface area contributed by atoms with Gasteiger partial charge in [-0.05, 0) is 30.3 Å². The number of nitrogens with zero attached hydrogens (tertiary/aromatic N) is 1. The molecule has 1 atom stereocenters. The van der Waals surface area contributed by atoms with Gasteiger partial charge in [-0.15, -0.1) is 0 Å². The maximum absolute atomic E-state index is 12.1. The first-order valence-corrected chi connectivity index (χ1v) is 6.28. The number of carboxylic acid groups (broad SMARTS) is 1. The molecule has 1 aliphatic rings. The van der Waals surface area contributed by atoms with Crippen LogP contribution in [0, 0.1) is 0 Å². The van der Waals surface area contributed by atoms with Crippen LogP contribution in [0.1, 0.15) is 39.1 Å². The number of ether oxygens (including phenoxy) is 1. The lowest BCUT2D eigenvalue weighted by Gasteiger charge is -2.25. The molecule has 0 amide bonds. The van der Waals surface area contributed by atoms with Crippen LogP contribution in [0.3, 0.4) is 0 Å². The molecule has 3 rings (SSSR count). The van der Waals surface area contributed by atoms with E-state index in [4.69, 9.17) is 9.84 Å². The minimum absolute atomic E-state index is 0.00449. The molecule has 0 spiro atoms. The van der Waals surface area contributed by atoms with E-state index < -0.39 is 12.1 Å². The summed E-state index contributed by atoms with van der Waals surface area (Å²) in [6.45, 7) is 0. The van der Waals surface area contributed by atoms with Crippen LogP contribution in [0.4, 0.5) is 0 Å². The average Bonchev–Trinajstić information content (AvgIpc) is 2.48. The molecule has 0 aliphatic carbocycles. The van der Waals surface area contributed by atoms with Crippen LogP contribution in [-0.2, 0) is 0 Å². The molecule has 2 heterocycles. The second kappa shape index (κ2) is 4.90. The number of benzene rings is 1. The van der Waals surface area contributed by atoms with Crippen molar-refractivity contribution in [1.29, 1.82) is 0 Å². The fraction of sp³-hybridized carbons (Fsp3) is 0.133. The van der Waals surface area contributed by atoms with Crippen molar-refractivity contribution in [3.8, 4) is 11.5 Å². The van der Waals surface area contributed by atoms with Gasteiger partial charge in [0.2, 0.25) is 0 Å². The van der Waals surface area contributed by atoms with E-state index in [1.54, 1.807) is 12.1 Å². The number of aromatic nitrogens is 1. The van der Waals surface area contributed by atoms with Crippen molar-refractivity contribution >= 4 is 11.8 Å². The van der Waals surface area contributed by atoms with Crippen LogP contribution in [0.15, 0.2) is 36.4 Å². The van der Waals surface area contributed by atoms with E-state index in [0.29, 0.717) is 17.0 Å². The Morgan fingerprint density at radius 3 is 2.86 bits per heavy atom. The van der Waals surface area contributed by atoms with Gasteiger partial charge in [-0.25, -0.2) is 9.78 Å². The number of hydrogen-bond acceptors (Lipinski definition) is 5. The Kier molecular flexibility index (Phi) is 3.06. The second-order valence-corrected chi connectivity index (χ2v) is 4.67. The van der Waals surface area contributed by atoms with Gasteiger partial charge in [0.25, 0.3) is 0 Å². The molecule has 106 valence electrons. The largest absolute Gasteiger partial charge is 0.508 e. The van der Waals surface area contributed by atoms with Gasteiger partial charge < -0.3 is 14.9 Å². The number of phenolic OH excluding ortho intramolecular Hbond substituents is 1. The Morgan fingerprint density at radius 2 is 2.10 bits per heavy atom. The molecule has 0 saturated carbocycles. The zero-order chi connectivity index (χ0) is 15.0. The number of aromatic carboxylic acids is 1. The summed E-state index contributed by atoms with van der Waals surface area (Å²) >= 11 is 0. The summed E-state index contributed by atoms with van der Waals surface area (Å²) in [4.78, 5) is 27.0. The summed E-state index contributed by atoms with van der Waals surface area (Å²) in [7, 11) is 0. The highest BCUT2D eigenvalue weighted by atomic mass is 16.5. The van der Waals surface area contributed by atoms with Crippen LogP contribution in [0.5, 0.6) is 11.5 Å². The van der Waals surface area contributed by atoms with Crippen molar-refractivity contribution in [2.24, 2.45) is 0 Å². The van der Waals surface area contributed by atoms with Crippen molar-refractivity contribution in [3.05, 3.63) is 53.3 Å². The number of fused-ring (bicyclic) bond motifs is 1. The zero-order valence-electron chi connectivity index (χ0n) is 10.8. The highest BCUT2D eigenvalue weighted by molar-refractivity contribution is 6.00. The smallest absolute Gasteiger partial charge is 0.354 e. The lowest BCUT2D eigenvalue weighted by molar-refractivity contribution is 0.0689. The highest BCUT2D eigenvalue weighted by Crippen LogP contribution is 2.35. The molecule has 0 saturated heterocycles. The topological polar surface area (TPSA) is 96.7 Å². The van der Waals surface area contributed by atoms with Gasteiger partial charge in [0.1, 0.15) is 23.3 Å². The third kappa shape index (κ3) is 2.43. The summed E-state index contributed by atoms with van der Waals surface area (Å²) in [6.07, 6.45) is -0.583. The average molecular weight is 285 g/mol. The minimum Gasteiger partial charge on any atom is -0.508 e. The summed E-state index contributed by atoms with van der Waals surface area (Å²) in [5, 5.41) is 18.4. The van der Waals surface area contributed by atoms with Gasteiger partial charge in [0.15, 0.2) is 5.78 Å². The zero-order valence-corrected chi connectivity index (χ0v) is 10.8. The van der Waals surface area contributed by atoms with Crippen molar-refractivity contribution in [3.63, 3.8) is 0 Å². The fourth-order valence-corrected chi connectivity index (χ4v) is 2.23. The van der Waals surface area contributed by atoms with E-state index in [1.807, 2.05) is 0 Å². The number of carboxylic acids is 1. The van der Waals surface area contributed by atoms with E-state index in [-0.39, 0.29) is 23.6 Å². The second-order valence-electron chi connectivity index (χ2n) is 4.67. The summed E-state index contributed by atoms with van der Waals surface area (Å²) in [6, 6.07) is 8.85. The van der Waals surface area contributed by atoms with E-state index in [2.05, 4.69) is 4.98 Å². The van der Waals surface area contributed by atoms with Gasteiger partial charge in [0, 0.05) is 0 Å². The van der Waals surface area contributed by atoms with Crippen LogP contribution >= 0.6 is 0 Å². The van der Waals surface area contributed by atoms with E-state index >= 15 is 0 Å². The third-order valence-corrected chi connectivity index (χ3v) is 3.22. The Bertz CT molecular complexity index is 741. The molecule has 0 fully saturated rings. The molecular formula is C15H11NO5. The Hall–Kier alpha value is -2.89. The van der Waals surface area contributed by atoms with Crippen molar-refractivity contribution in [2.75, 3.05) is 0 Å². The van der Waals surface area contributed by atoms with Gasteiger partial charge in [-0.3, -0.25) is 4.79 Å². The monoisotopic (exact) mass is 285 g/mol. The number of carbonyl (C=O) groups excluding carboxylic acids is 1. The molecule has 0 bridgehead atoms. The number of hydrogen-bond donors (Lipinski definition) is 2. The number of aromatic hydroxyl groups is 1. The molecule has 6 nitrogen and oxygen atoms in total. The quantitative estimate of drug-likeness (QED) is 0.878. The van der Waals surface area contributed by atoms with Gasteiger partial charge in [0.05, 0.1) is 17.7 Å². The van der Waals surface area contributed by atoms with Gasteiger partial charge in [-0.2, -0.15) is 0 Å². The SMILES string of the molecule is O=C(O)c1cccc(C2CC(=O)c3cc(O)ccc3O2)n1. The van der Waals surface area contributed by atoms with Crippen LogP contribution in [0.25, 0.3) is 0 Å². The van der Waals surface area contributed by atoms with Gasteiger partial charge >= 0.3 is 5.97 Å². The summed E-state index contributed by atoms with van der Waals surface area (Å²) in [5.74, 6) is -0.962. The maximum atomic E-state index is 12.1. The number of pyridine rings is 1. The van der Waals surface area contributed by atoms with Crippen LogP contribution in [-0.4, -0.2) is 26.9 Å². The molecule has 1 aliphatic heterocycles. The molecule has 1 unspecified atom stereocenters. The summed E-state index contributed by atoms with van der Waals surface area (Å²) < 4.78 is 5.69. The molecule has 1 aromatic carbocycles. The van der Waals surface area contributed by atoms with E-state index in [9.17, 15) is 14.7 Å². The number of rotatable bonds is 2. The first kappa shape index (κ1) is 13.1. The normalized spacial score (nSPS) is 17.0. The van der Waals surface area contributed by atoms with Crippen molar-refractivity contribution < 1.29 is 24.5 Å². The number of phenols is 1. The molecule has 0 radical (unpaired) electrons. The maximum Gasteiger partial charge on any atom is 0.354 e. The first-order chi connectivity index (χ1) is 10.0. The minimum atomic E-state index is -1.13. The molecule has 6 heteroatoms. The van der Waals surface area contributed by atoms with E-state index in [1.165, 1.54) is 24.3 Å². The Balaban J connectivity index is 1.96. The first-order valence-electron chi connectivity index (χ1n) is 6.28. The molecule has 2 aromatic rings. The fourth-order valence-electron chi connectivity index (χ4n) is 2.23. The molecular weight excluding hydrogens is 274 g/mol. The molecule has 21 heavy (non-hydrogen) atoms. The van der Waals surface area contributed by atoms with Crippen LogP contribution < -0.4 is 4.74 Å². The lowest BCUT2D eigenvalue weighted by atomic mass is 9.98. The number of carbonyl (C=O) groups is 2. The predicted molar refractivity (Wildman–Crippen MR) is 71.6 cm³/mol. The van der Waals surface area contributed by atoms with Crippen molar-refractivity contribution in [2.45, 2.75) is 12.5 Å². The molecule has 2 N–H and O–H groups in total.